The van der Waals surface area contributed by atoms with Crippen molar-refractivity contribution in [1.82, 2.24) is 0 Å². The van der Waals surface area contributed by atoms with Crippen LogP contribution in [0.3, 0.4) is 0 Å². The highest BCUT2D eigenvalue weighted by molar-refractivity contribution is 5.91. The SMILES string of the molecule is COC(=O)c1ccc(N)c(NCC2(C#N)CC2)c1. The molecule has 0 bridgehead atoms. The number of carbonyl (C=O) groups is 1. The molecule has 18 heavy (non-hydrogen) atoms. The maximum absolute atomic E-state index is 11.4. The number of nitrogen functional groups attached to an aromatic ring is 1. The van der Waals surface area contributed by atoms with Crippen LogP contribution >= 0.6 is 0 Å². The van der Waals surface area contributed by atoms with E-state index < -0.39 is 5.97 Å². The van der Waals surface area contributed by atoms with Crippen LogP contribution in [-0.2, 0) is 4.74 Å². The fourth-order valence-corrected chi connectivity index (χ4v) is 1.70. The van der Waals surface area contributed by atoms with Crippen molar-refractivity contribution in [2.24, 2.45) is 5.41 Å². The van der Waals surface area contributed by atoms with Crippen LogP contribution < -0.4 is 11.1 Å². The zero-order valence-corrected chi connectivity index (χ0v) is 10.2. The highest BCUT2D eigenvalue weighted by atomic mass is 16.5. The van der Waals surface area contributed by atoms with E-state index in [-0.39, 0.29) is 5.41 Å². The third-order valence-electron chi connectivity index (χ3n) is 3.18. The van der Waals surface area contributed by atoms with Gasteiger partial charge in [0, 0.05) is 6.54 Å². The first kappa shape index (κ1) is 12.2. The van der Waals surface area contributed by atoms with E-state index in [1.54, 1.807) is 18.2 Å². The fraction of sp³-hybridized carbons (Fsp3) is 0.385. The Hall–Kier alpha value is -2.22. The lowest BCUT2D eigenvalue weighted by Gasteiger charge is -2.12. The number of nitriles is 1. The molecule has 0 saturated heterocycles. The molecule has 1 saturated carbocycles. The number of nitrogens with one attached hydrogen (secondary N) is 1. The van der Waals surface area contributed by atoms with Gasteiger partial charge in [-0.15, -0.1) is 0 Å². The summed E-state index contributed by atoms with van der Waals surface area (Å²) in [7, 11) is 1.33. The van der Waals surface area contributed by atoms with Crippen LogP contribution in [0.1, 0.15) is 23.2 Å². The summed E-state index contributed by atoms with van der Waals surface area (Å²) in [5.74, 6) is -0.403. The number of nitrogens with two attached hydrogens (primary N) is 1. The molecule has 1 aromatic carbocycles. The molecule has 1 aliphatic carbocycles. The molecule has 0 aromatic heterocycles. The Morgan fingerprint density at radius 3 is 2.89 bits per heavy atom. The van der Waals surface area contributed by atoms with E-state index in [4.69, 9.17) is 11.0 Å². The van der Waals surface area contributed by atoms with Crippen molar-refractivity contribution < 1.29 is 9.53 Å². The minimum Gasteiger partial charge on any atom is -0.465 e. The van der Waals surface area contributed by atoms with Crippen molar-refractivity contribution in [1.29, 1.82) is 5.26 Å². The molecule has 1 aliphatic rings. The summed E-state index contributed by atoms with van der Waals surface area (Å²) in [5.41, 5.74) is 7.23. The van der Waals surface area contributed by atoms with Gasteiger partial charge in [-0.05, 0) is 31.0 Å². The summed E-state index contributed by atoms with van der Waals surface area (Å²) in [6.07, 6.45) is 1.82. The van der Waals surface area contributed by atoms with Crippen molar-refractivity contribution in [2.75, 3.05) is 24.7 Å². The van der Waals surface area contributed by atoms with Gasteiger partial charge in [0.15, 0.2) is 0 Å². The molecule has 0 unspecified atom stereocenters. The summed E-state index contributed by atoms with van der Waals surface area (Å²) >= 11 is 0. The molecule has 94 valence electrons. The van der Waals surface area contributed by atoms with E-state index in [1.165, 1.54) is 7.11 Å². The summed E-state index contributed by atoms with van der Waals surface area (Å²) in [6.45, 7) is 0.554. The predicted octanol–water partition coefficient (Wildman–Crippen LogP) is 1.77. The zero-order valence-electron chi connectivity index (χ0n) is 10.2. The second-order valence-corrected chi connectivity index (χ2v) is 4.54. The van der Waals surface area contributed by atoms with Gasteiger partial charge in [-0.1, -0.05) is 0 Å². The first-order chi connectivity index (χ1) is 8.60. The standard InChI is InChI=1S/C13H15N3O2/c1-18-12(17)9-2-3-10(15)11(6-9)16-8-13(7-14)4-5-13/h2-3,6,16H,4-5,8,15H2,1H3. The molecule has 5 heteroatoms. The minimum atomic E-state index is -0.403. The first-order valence-corrected chi connectivity index (χ1v) is 5.73. The number of esters is 1. The van der Waals surface area contributed by atoms with Gasteiger partial charge in [0.25, 0.3) is 0 Å². The van der Waals surface area contributed by atoms with Crippen LogP contribution in [0.25, 0.3) is 0 Å². The molecule has 5 nitrogen and oxygen atoms in total. The lowest BCUT2D eigenvalue weighted by Crippen LogP contribution is -2.15. The maximum Gasteiger partial charge on any atom is 0.337 e. The number of hydrogen-bond donors (Lipinski definition) is 2. The zero-order chi connectivity index (χ0) is 13.2. The Morgan fingerprint density at radius 2 is 2.33 bits per heavy atom. The average Bonchev–Trinajstić information content (AvgIpc) is 3.17. The largest absolute Gasteiger partial charge is 0.465 e. The topological polar surface area (TPSA) is 88.1 Å². The quantitative estimate of drug-likeness (QED) is 0.623. The van der Waals surface area contributed by atoms with Crippen molar-refractivity contribution in [3.63, 3.8) is 0 Å². The third kappa shape index (κ3) is 2.38. The minimum absolute atomic E-state index is 0.256. The second kappa shape index (κ2) is 4.57. The van der Waals surface area contributed by atoms with Crippen molar-refractivity contribution in [3.05, 3.63) is 23.8 Å². The summed E-state index contributed by atoms with van der Waals surface area (Å²) in [5, 5.41) is 12.1. The van der Waals surface area contributed by atoms with Gasteiger partial charge < -0.3 is 15.8 Å². The summed E-state index contributed by atoms with van der Waals surface area (Å²) < 4.78 is 4.65. The van der Waals surface area contributed by atoms with E-state index in [9.17, 15) is 4.79 Å². The Balaban J connectivity index is 2.12. The number of methoxy groups -OCH3 is 1. The molecular weight excluding hydrogens is 230 g/mol. The van der Waals surface area contributed by atoms with Gasteiger partial charge >= 0.3 is 5.97 Å². The molecule has 3 N–H and O–H groups in total. The van der Waals surface area contributed by atoms with E-state index in [0.29, 0.717) is 23.5 Å². The third-order valence-corrected chi connectivity index (χ3v) is 3.18. The van der Waals surface area contributed by atoms with Crippen LogP contribution in [0.15, 0.2) is 18.2 Å². The Labute approximate surface area is 106 Å². The highest BCUT2D eigenvalue weighted by Crippen LogP contribution is 2.45. The van der Waals surface area contributed by atoms with Gasteiger partial charge in [-0.25, -0.2) is 4.79 Å². The average molecular weight is 245 g/mol. The van der Waals surface area contributed by atoms with Crippen molar-refractivity contribution in [3.8, 4) is 6.07 Å². The number of carbonyl (C=O) groups excluding carboxylic acids is 1. The number of rotatable bonds is 4. The molecule has 0 radical (unpaired) electrons. The van der Waals surface area contributed by atoms with Gasteiger partial charge in [0.05, 0.1) is 35.5 Å². The van der Waals surface area contributed by atoms with Crippen LogP contribution in [0, 0.1) is 16.7 Å². The molecule has 0 amide bonds. The molecular formula is C13H15N3O2. The Bertz CT molecular complexity index is 515. The predicted molar refractivity (Wildman–Crippen MR) is 68.0 cm³/mol. The van der Waals surface area contributed by atoms with Crippen molar-refractivity contribution >= 4 is 17.3 Å². The van der Waals surface area contributed by atoms with Crippen LogP contribution in [0.4, 0.5) is 11.4 Å². The smallest absolute Gasteiger partial charge is 0.337 e. The Morgan fingerprint density at radius 1 is 1.61 bits per heavy atom. The number of ether oxygens (including phenoxy) is 1. The molecule has 2 rings (SSSR count). The molecule has 0 spiro atoms. The molecule has 0 atom stereocenters. The molecule has 1 fully saturated rings. The van der Waals surface area contributed by atoms with Gasteiger partial charge in [0.1, 0.15) is 0 Å². The first-order valence-electron chi connectivity index (χ1n) is 5.73. The maximum atomic E-state index is 11.4. The number of benzene rings is 1. The van der Waals surface area contributed by atoms with Gasteiger partial charge in [0.2, 0.25) is 0 Å². The molecule has 1 aromatic rings. The van der Waals surface area contributed by atoms with Gasteiger partial charge in [-0.3, -0.25) is 0 Å². The highest BCUT2D eigenvalue weighted by Gasteiger charge is 2.42. The number of nitrogens with zero attached hydrogens (tertiary/aromatic N) is 1. The van der Waals surface area contributed by atoms with Crippen molar-refractivity contribution in [2.45, 2.75) is 12.8 Å². The summed E-state index contributed by atoms with van der Waals surface area (Å²) in [4.78, 5) is 11.4. The normalized spacial score (nSPS) is 15.6. The van der Waals surface area contributed by atoms with Crippen LogP contribution in [-0.4, -0.2) is 19.6 Å². The second-order valence-electron chi connectivity index (χ2n) is 4.54. The lowest BCUT2D eigenvalue weighted by atomic mass is 10.1. The summed E-state index contributed by atoms with van der Waals surface area (Å²) in [6, 6.07) is 7.21. The Kier molecular flexibility index (Phi) is 3.11. The van der Waals surface area contributed by atoms with Gasteiger partial charge in [-0.2, -0.15) is 5.26 Å². The fourth-order valence-electron chi connectivity index (χ4n) is 1.70. The monoisotopic (exact) mass is 245 g/mol. The van der Waals surface area contributed by atoms with E-state index in [1.807, 2.05) is 0 Å². The van der Waals surface area contributed by atoms with E-state index in [2.05, 4.69) is 16.1 Å². The number of hydrogen-bond acceptors (Lipinski definition) is 5. The van der Waals surface area contributed by atoms with Crippen LogP contribution in [0.5, 0.6) is 0 Å². The lowest BCUT2D eigenvalue weighted by molar-refractivity contribution is 0.0601. The number of anilines is 2. The molecule has 0 heterocycles. The van der Waals surface area contributed by atoms with E-state index in [0.717, 1.165) is 12.8 Å². The van der Waals surface area contributed by atoms with Crippen LogP contribution in [0.2, 0.25) is 0 Å². The van der Waals surface area contributed by atoms with E-state index >= 15 is 0 Å². The molecule has 0 aliphatic heterocycles.